The zero-order valence-electron chi connectivity index (χ0n) is 14.9. The van der Waals surface area contributed by atoms with Crippen LogP contribution in [0.2, 0.25) is 0 Å². The first kappa shape index (κ1) is 23.3. The van der Waals surface area contributed by atoms with Gasteiger partial charge >= 0.3 is 10.3 Å². The lowest BCUT2D eigenvalue weighted by Gasteiger charge is -2.45. The van der Waals surface area contributed by atoms with E-state index in [0.717, 1.165) is 11.3 Å². The van der Waals surface area contributed by atoms with Crippen LogP contribution in [0.25, 0.3) is 0 Å². The number of carbonyl (C=O) groups is 3. The smallest absolute Gasteiger partial charge is 0.362 e. The Labute approximate surface area is 179 Å². The molecule has 0 saturated carbocycles. The minimum absolute atomic E-state index is 0.0353. The van der Waals surface area contributed by atoms with E-state index in [1.165, 1.54) is 19.4 Å². The molecule has 3 unspecified atom stereocenters. The molecule has 3 N–H and O–H groups in total. The average Bonchev–Trinajstić information content (AvgIpc) is 3.07. The number of oxime groups is 1. The van der Waals surface area contributed by atoms with Gasteiger partial charge in [0.25, 0.3) is 11.8 Å². The molecule has 16 heteroatoms. The summed E-state index contributed by atoms with van der Waals surface area (Å²) in [5.74, 6) is -2.71. The number of hydrogen-bond acceptors (Lipinski definition) is 10. The molecule has 2 rings (SSSR count). The number of halogens is 1. The minimum Gasteiger partial charge on any atom is -0.398 e. The first-order chi connectivity index (χ1) is 13.5. The molecule has 29 heavy (non-hydrogen) atoms. The van der Waals surface area contributed by atoms with Crippen molar-refractivity contribution >= 4 is 74.4 Å². The molecule has 160 valence electrons. The third kappa shape index (κ3) is 5.16. The van der Waals surface area contributed by atoms with Gasteiger partial charge in [-0.05, 0) is 0 Å². The van der Waals surface area contributed by atoms with Gasteiger partial charge in [-0.15, -0.1) is 22.9 Å². The standard InChI is InChI=1S/C13H16ClN5O7S3/c1-5(27)10-9(12(22)19(10)29(23,24)25)17-11(21)8(18-26-2)6-4-28-13(15-6)16-7(20)3-14/h4-5,9-10,27H,3H2,1-2H3,(H,17,21)(H,15,16,20)(H,23,24,25). The van der Waals surface area contributed by atoms with E-state index >= 15 is 0 Å². The van der Waals surface area contributed by atoms with Crippen molar-refractivity contribution in [1.82, 2.24) is 14.6 Å². The summed E-state index contributed by atoms with van der Waals surface area (Å²) in [4.78, 5) is 44.7. The van der Waals surface area contributed by atoms with Crippen LogP contribution < -0.4 is 10.6 Å². The van der Waals surface area contributed by atoms with Crippen molar-refractivity contribution in [3.63, 3.8) is 0 Å². The van der Waals surface area contributed by atoms with Crippen LogP contribution in [-0.4, -0.2) is 76.0 Å². The third-order valence-electron chi connectivity index (χ3n) is 3.64. The predicted molar refractivity (Wildman–Crippen MR) is 108 cm³/mol. The summed E-state index contributed by atoms with van der Waals surface area (Å²) in [7, 11) is -3.62. The minimum atomic E-state index is -4.80. The van der Waals surface area contributed by atoms with Gasteiger partial charge in [-0.3, -0.25) is 18.9 Å². The number of alkyl halides is 1. The topological polar surface area (TPSA) is 167 Å². The molecule has 1 aliphatic heterocycles. The molecule has 1 saturated heterocycles. The number of thiol groups is 1. The fraction of sp³-hybridized carbons (Fsp3) is 0.462. The van der Waals surface area contributed by atoms with Crippen LogP contribution in [0.1, 0.15) is 12.6 Å². The van der Waals surface area contributed by atoms with E-state index in [0.29, 0.717) is 0 Å². The van der Waals surface area contributed by atoms with Crippen molar-refractivity contribution < 1.29 is 32.2 Å². The molecule has 0 aliphatic carbocycles. The van der Waals surface area contributed by atoms with Gasteiger partial charge in [0.05, 0.1) is 6.04 Å². The second-order valence-corrected chi connectivity index (χ2v) is 8.87. The molecule has 1 fully saturated rings. The highest BCUT2D eigenvalue weighted by Gasteiger charge is 2.55. The summed E-state index contributed by atoms with van der Waals surface area (Å²) in [5.41, 5.74) is -0.285. The SMILES string of the molecule is CON=C(C(=O)NC1C(=O)N(S(=O)(=O)O)C1C(C)S)c1csc(NC(=O)CCl)n1. The highest BCUT2D eigenvalue weighted by molar-refractivity contribution is 7.84. The van der Waals surface area contributed by atoms with Crippen LogP contribution >= 0.6 is 35.6 Å². The largest absolute Gasteiger partial charge is 0.398 e. The molecule has 0 aromatic carbocycles. The van der Waals surface area contributed by atoms with Crippen molar-refractivity contribution in [3.05, 3.63) is 11.1 Å². The maximum Gasteiger partial charge on any atom is 0.362 e. The number of amides is 3. The van der Waals surface area contributed by atoms with Crippen LogP contribution in [0.15, 0.2) is 10.5 Å². The van der Waals surface area contributed by atoms with Crippen molar-refractivity contribution in [3.8, 4) is 0 Å². The van der Waals surface area contributed by atoms with Gasteiger partial charge in [0, 0.05) is 10.6 Å². The molecule has 3 amide bonds. The van der Waals surface area contributed by atoms with E-state index < -0.39 is 45.4 Å². The molecule has 0 bridgehead atoms. The lowest BCUT2D eigenvalue weighted by molar-refractivity contribution is -0.144. The second-order valence-electron chi connectivity index (χ2n) is 5.64. The Morgan fingerprint density at radius 1 is 1.55 bits per heavy atom. The summed E-state index contributed by atoms with van der Waals surface area (Å²) >= 11 is 10.5. The van der Waals surface area contributed by atoms with Crippen LogP contribution in [-0.2, 0) is 29.5 Å². The highest BCUT2D eigenvalue weighted by Crippen LogP contribution is 2.28. The van der Waals surface area contributed by atoms with Gasteiger partial charge in [-0.2, -0.15) is 21.0 Å². The summed E-state index contributed by atoms with van der Waals surface area (Å²) in [6.07, 6.45) is 0. The van der Waals surface area contributed by atoms with Gasteiger partial charge in [0.15, 0.2) is 10.8 Å². The van der Waals surface area contributed by atoms with Crippen LogP contribution in [0.5, 0.6) is 0 Å². The zero-order chi connectivity index (χ0) is 21.9. The molecular weight excluding hydrogens is 470 g/mol. The number of hydrogen-bond donors (Lipinski definition) is 4. The fourth-order valence-corrected chi connectivity index (χ4v) is 4.60. The van der Waals surface area contributed by atoms with E-state index in [4.69, 9.17) is 11.6 Å². The first-order valence-electron chi connectivity index (χ1n) is 7.73. The number of rotatable bonds is 8. The van der Waals surface area contributed by atoms with Crippen molar-refractivity contribution in [2.75, 3.05) is 18.3 Å². The Hall–Kier alpha value is -1.94. The molecule has 2 heterocycles. The maximum absolute atomic E-state index is 12.6. The number of carbonyl (C=O) groups excluding carboxylic acids is 3. The molecule has 1 aliphatic rings. The number of anilines is 1. The molecule has 1 aromatic heterocycles. The maximum atomic E-state index is 12.6. The number of β-lactam (4-membered cyclic amide) rings is 1. The fourth-order valence-electron chi connectivity index (χ4n) is 2.47. The predicted octanol–water partition coefficient (Wildman–Crippen LogP) is -0.512. The third-order valence-corrected chi connectivity index (χ3v) is 5.86. The summed E-state index contributed by atoms with van der Waals surface area (Å²) in [6.45, 7) is 1.49. The van der Waals surface area contributed by atoms with Gasteiger partial charge in [-0.1, -0.05) is 12.1 Å². The van der Waals surface area contributed by atoms with E-state index in [2.05, 4.69) is 38.2 Å². The Kier molecular flexibility index (Phi) is 7.45. The molecule has 12 nitrogen and oxygen atoms in total. The summed E-state index contributed by atoms with van der Waals surface area (Å²) < 4.78 is 32.1. The molecule has 3 atom stereocenters. The average molecular weight is 486 g/mol. The Morgan fingerprint density at radius 3 is 2.72 bits per heavy atom. The number of aromatic nitrogens is 1. The monoisotopic (exact) mass is 485 g/mol. The quantitative estimate of drug-likeness (QED) is 0.0952. The van der Waals surface area contributed by atoms with Crippen LogP contribution in [0.3, 0.4) is 0 Å². The van der Waals surface area contributed by atoms with Gasteiger partial charge in [0.2, 0.25) is 5.91 Å². The number of nitrogens with zero attached hydrogens (tertiary/aromatic N) is 3. The summed E-state index contributed by atoms with van der Waals surface area (Å²) in [5, 5.41) is 9.19. The van der Waals surface area contributed by atoms with Gasteiger partial charge in [0.1, 0.15) is 24.7 Å². The highest BCUT2D eigenvalue weighted by atomic mass is 35.5. The lowest BCUT2D eigenvalue weighted by atomic mass is 9.95. The Morgan fingerprint density at radius 2 is 2.21 bits per heavy atom. The Balaban J connectivity index is 2.21. The molecule has 0 radical (unpaired) electrons. The van der Waals surface area contributed by atoms with E-state index in [1.807, 2.05) is 0 Å². The van der Waals surface area contributed by atoms with Gasteiger partial charge < -0.3 is 15.5 Å². The normalized spacial score (nSPS) is 20.7. The van der Waals surface area contributed by atoms with Crippen LogP contribution in [0, 0.1) is 0 Å². The summed E-state index contributed by atoms with van der Waals surface area (Å²) in [6, 6.07) is -2.38. The van der Waals surface area contributed by atoms with E-state index in [1.54, 1.807) is 0 Å². The molecular formula is C13H16ClN5O7S3. The van der Waals surface area contributed by atoms with Crippen molar-refractivity contribution in [1.29, 1.82) is 0 Å². The van der Waals surface area contributed by atoms with E-state index in [-0.39, 0.29) is 26.7 Å². The molecule has 0 spiro atoms. The molecule has 1 aromatic rings. The zero-order valence-corrected chi connectivity index (χ0v) is 18.2. The first-order valence-corrected chi connectivity index (χ1v) is 11.1. The lowest BCUT2D eigenvalue weighted by Crippen LogP contribution is -2.74. The number of thiazole rings is 1. The van der Waals surface area contributed by atoms with E-state index in [9.17, 15) is 27.4 Å². The van der Waals surface area contributed by atoms with Crippen molar-refractivity contribution in [2.45, 2.75) is 24.3 Å². The van der Waals surface area contributed by atoms with Crippen LogP contribution in [0.4, 0.5) is 5.13 Å². The Bertz CT molecular complexity index is 948. The second kappa shape index (κ2) is 9.25. The number of nitrogens with one attached hydrogen (secondary N) is 2. The van der Waals surface area contributed by atoms with Crippen molar-refractivity contribution in [2.24, 2.45) is 5.16 Å². The van der Waals surface area contributed by atoms with Gasteiger partial charge in [-0.25, -0.2) is 9.29 Å².